The van der Waals surface area contributed by atoms with Gasteiger partial charge in [0.15, 0.2) is 0 Å². The van der Waals surface area contributed by atoms with Gasteiger partial charge in [0.25, 0.3) is 0 Å². The number of hydrogen-bond donors (Lipinski definition) is 0. The average Bonchev–Trinajstić information content (AvgIpc) is 2.93. The molecule has 1 aliphatic carbocycles. The standard InChI is InChI=1S/C15H19NO/c1-11(12-5-3-2-4-6-12)16-10-9-13-7-8-14(17)15(13)16/h2-6,11,13,15H,7-10H2,1H3/t11-,13+,15-/m0/s1. The minimum absolute atomic E-state index is 0.213. The fourth-order valence-corrected chi connectivity index (χ4v) is 3.47. The molecule has 2 nitrogen and oxygen atoms in total. The highest BCUT2D eigenvalue weighted by atomic mass is 16.1. The summed E-state index contributed by atoms with van der Waals surface area (Å²) in [7, 11) is 0. The Morgan fingerprint density at radius 1 is 1.24 bits per heavy atom. The van der Waals surface area contributed by atoms with Gasteiger partial charge in [0.2, 0.25) is 0 Å². The smallest absolute Gasteiger partial charge is 0.150 e. The van der Waals surface area contributed by atoms with Crippen LogP contribution in [0.1, 0.15) is 37.8 Å². The molecule has 3 atom stereocenters. The van der Waals surface area contributed by atoms with Gasteiger partial charge in [0.1, 0.15) is 5.78 Å². The summed E-state index contributed by atoms with van der Waals surface area (Å²) in [5.41, 5.74) is 1.33. The van der Waals surface area contributed by atoms with Crippen molar-refractivity contribution in [2.24, 2.45) is 5.92 Å². The first-order valence-electron chi connectivity index (χ1n) is 6.61. The normalized spacial score (nSPS) is 30.5. The summed E-state index contributed by atoms with van der Waals surface area (Å²) in [6, 6.07) is 11.1. The zero-order valence-electron chi connectivity index (χ0n) is 10.3. The molecule has 1 saturated carbocycles. The predicted octanol–water partition coefficient (Wildman–Crippen LogP) is 2.80. The maximum atomic E-state index is 12.0. The highest BCUT2D eigenvalue weighted by Gasteiger charge is 2.44. The van der Waals surface area contributed by atoms with Crippen LogP contribution in [0.5, 0.6) is 0 Å². The Hall–Kier alpha value is -1.15. The lowest BCUT2D eigenvalue weighted by Crippen LogP contribution is -2.37. The molecule has 17 heavy (non-hydrogen) atoms. The minimum atomic E-state index is 0.213. The third kappa shape index (κ3) is 1.81. The Morgan fingerprint density at radius 2 is 2.00 bits per heavy atom. The second kappa shape index (κ2) is 4.26. The predicted molar refractivity (Wildman–Crippen MR) is 67.7 cm³/mol. The summed E-state index contributed by atoms with van der Waals surface area (Å²) < 4.78 is 0. The van der Waals surface area contributed by atoms with Crippen molar-refractivity contribution >= 4 is 5.78 Å². The van der Waals surface area contributed by atoms with Crippen LogP contribution < -0.4 is 0 Å². The van der Waals surface area contributed by atoms with Gasteiger partial charge in [0.05, 0.1) is 6.04 Å². The number of carbonyl (C=O) groups is 1. The van der Waals surface area contributed by atoms with Crippen molar-refractivity contribution in [1.29, 1.82) is 0 Å². The van der Waals surface area contributed by atoms with Crippen molar-refractivity contribution in [2.75, 3.05) is 6.54 Å². The number of benzene rings is 1. The summed E-state index contributed by atoms with van der Waals surface area (Å²) in [6.45, 7) is 3.31. The number of nitrogens with zero attached hydrogens (tertiary/aromatic N) is 1. The summed E-state index contributed by atoms with van der Waals surface area (Å²) in [6.07, 6.45) is 3.11. The largest absolute Gasteiger partial charge is 0.298 e. The molecule has 0 bridgehead atoms. The van der Waals surface area contributed by atoms with Crippen LogP contribution in [0.3, 0.4) is 0 Å². The van der Waals surface area contributed by atoms with Gasteiger partial charge < -0.3 is 0 Å². The fourth-order valence-electron chi connectivity index (χ4n) is 3.47. The van der Waals surface area contributed by atoms with Crippen molar-refractivity contribution in [2.45, 2.75) is 38.3 Å². The second-order valence-corrected chi connectivity index (χ2v) is 5.32. The third-order valence-corrected chi connectivity index (χ3v) is 4.43. The first-order chi connectivity index (χ1) is 8.27. The van der Waals surface area contributed by atoms with E-state index in [2.05, 4.69) is 36.1 Å². The van der Waals surface area contributed by atoms with Crippen LogP contribution in [0.25, 0.3) is 0 Å². The van der Waals surface area contributed by atoms with Gasteiger partial charge in [-0.05, 0) is 37.8 Å². The van der Waals surface area contributed by atoms with Crippen LogP contribution in [0.4, 0.5) is 0 Å². The highest BCUT2D eigenvalue weighted by molar-refractivity contribution is 5.86. The lowest BCUT2D eigenvalue weighted by atomic mass is 10.0. The van der Waals surface area contributed by atoms with E-state index in [0.29, 0.717) is 17.7 Å². The summed E-state index contributed by atoms with van der Waals surface area (Å²) in [5, 5.41) is 0. The van der Waals surface area contributed by atoms with Gasteiger partial charge >= 0.3 is 0 Å². The minimum Gasteiger partial charge on any atom is -0.298 e. The van der Waals surface area contributed by atoms with E-state index < -0.39 is 0 Å². The molecule has 2 heteroatoms. The molecule has 0 aromatic heterocycles. The Morgan fingerprint density at radius 3 is 2.76 bits per heavy atom. The van der Waals surface area contributed by atoms with Gasteiger partial charge in [-0.25, -0.2) is 0 Å². The molecule has 2 aliphatic rings. The lowest BCUT2D eigenvalue weighted by Gasteiger charge is -2.29. The van der Waals surface area contributed by atoms with Crippen LogP contribution in [0.2, 0.25) is 0 Å². The number of likely N-dealkylation sites (tertiary alicyclic amines) is 1. The molecule has 90 valence electrons. The van der Waals surface area contributed by atoms with Crippen LogP contribution in [-0.2, 0) is 4.79 Å². The Bertz CT molecular complexity index is 414. The molecule has 1 heterocycles. The quantitative estimate of drug-likeness (QED) is 0.777. The maximum Gasteiger partial charge on any atom is 0.150 e. The Balaban J connectivity index is 1.83. The van der Waals surface area contributed by atoms with Crippen molar-refractivity contribution in [3.8, 4) is 0 Å². The van der Waals surface area contributed by atoms with Gasteiger partial charge in [-0.1, -0.05) is 30.3 Å². The first kappa shape index (κ1) is 11.0. The Labute approximate surface area is 103 Å². The summed E-state index contributed by atoms with van der Waals surface area (Å²) >= 11 is 0. The molecule has 1 aromatic rings. The van der Waals surface area contributed by atoms with E-state index in [4.69, 9.17) is 0 Å². The Kier molecular flexibility index (Phi) is 2.75. The van der Waals surface area contributed by atoms with E-state index in [1.807, 2.05) is 6.07 Å². The zero-order valence-corrected chi connectivity index (χ0v) is 10.3. The molecule has 2 fully saturated rings. The molecule has 1 aromatic carbocycles. The van der Waals surface area contributed by atoms with Crippen LogP contribution in [0.15, 0.2) is 30.3 Å². The fraction of sp³-hybridized carbons (Fsp3) is 0.533. The van der Waals surface area contributed by atoms with Gasteiger partial charge in [-0.15, -0.1) is 0 Å². The molecule has 0 amide bonds. The third-order valence-electron chi connectivity index (χ3n) is 4.43. The van der Waals surface area contributed by atoms with Gasteiger partial charge in [0, 0.05) is 12.5 Å². The number of rotatable bonds is 2. The van der Waals surface area contributed by atoms with Crippen LogP contribution in [0, 0.1) is 5.92 Å². The van der Waals surface area contributed by atoms with E-state index >= 15 is 0 Å². The highest BCUT2D eigenvalue weighted by Crippen LogP contribution is 2.39. The number of ketones is 1. The molecule has 0 unspecified atom stereocenters. The van der Waals surface area contributed by atoms with E-state index in [1.54, 1.807) is 0 Å². The number of Topliss-reactive ketones (excluding diaryl/α,β-unsaturated/α-hetero) is 1. The van der Waals surface area contributed by atoms with Crippen LogP contribution >= 0.6 is 0 Å². The molecule has 0 spiro atoms. The molecule has 1 saturated heterocycles. The van der Waals surface area contributed by atoms with E-state index in [1.165, 1.54) is 12.0 Å². The van der Waals surface area contributed by atoms with Gasteiger partial charge in [-0.2, -0.15) is 0 Å². The second-order valence-electron chi connectivity index (χ2n) is 5.32. The zero-order chi connectivity index (χ0) is 11.8. The van der Waals surface area contributed by atoms with E-state index in [9.17, 15) is 4.79 Å². The van der Waals surface area contributed by atoms with Crippen LogP contribution in [-0.4, -0.2) is 23.3 Å². The van der Waals surface area contributed by atoms with Crippen molar-refractivity contribution in [3.05, 3.63) is 35.9 Å². The monoisotopic (exact) mass is 229 g/mol. The summed E-state index contributed by atoms with van der Waals surface area (Å²) in [5.74, 6) is 1.10. The number of fused-ring (bicyclic) bond motifs is 1. The van der Waals surface area contributed by atoms with E-state index in [-0.39, 0.29) is 6.04 Å². The number of carbonyl (C=O) groups excluding carboxylic acids is 1. The molecular formula is C15H19NO. The average molecular weight is 229 g/mol. The molecule has 1 aliphatic heterocycles. The topological polar surface area (TPSA) is 20.3 Å². The molecule has 3 rings (SSSR count). The number of hydrogen-bond acceptors (Lipinski definition) is 2. The molecule has 0 radical (unpaired) electrons. The van der Waals surface area contributed by atoms with Crippen molar-refractivity contribution in [3.63, 3.8) is 0 Å². The van der Waals surface area contributed by atoms with Gasteiger partial charge in [-0.3, -0.25) is 9.69 Å². The summed E-state index contributed by atoms with van der Waals surface area (Å²) in [4.78, 5) is 14.4. The van der Waals surface area contributed by atoms with E-state index in [0.717, 1.165) is 19.4 Å². The SMILES string of the molecule is C[C@@H](c1ccccc1)N1CC[C@H]2CCC(=O)[C@H]21. The molecule has 0 N–H and O–H groups in total. The first-order valence-corrected chi connectivity index (χ1v) is 6.61. The lowest BCUT2D eigenvalue weighted by molar-refractivity contribution is -0.122. The van der Waals surface area contributed by atoms with Crippen molar-refractivity contribution < 1.29 is 4.79 Å². The van der Waals surface area contributed by atoms with Crippen molar-refractivity contribution in [1.82, 2.24) is 4.90 Å². The molecular weight excluding hydrogens is 210 g/mol. The maximum absolute atomic E-state index is 12.0.